The number of nitrogens with zero attached hydrogens (tertiary/aromatic N) is 1. The summed E-state index contributed by atoms with van der Waals surface area (Å²) in [6.45, 7) is 4.50. The SMILES string of the molecule is CC(C)(CCO)CNc1ccc([N+](=O)[O-])cc1C(N)=O. The standard InChI is InChI=1S/C13H19N3O4/c1-13(2,5-6-17)8-15-11-4-3-9(16(19)20)7-10(11)12(14)18/h3-4,7,15,17H,5-6,8H2,1-2H3,(H2,14,18). The summed E-state index contributed by atoms with van der Waals surface area (Å²) in [5.41, 5.74) is 5.42. The first-order valence-electron chi connectivity index (χ1n) is 6.20. The second-order valence-corrected chi connectivity index (χ2v) is 5.34. The molecule has 1 aromatic carbocycles. The maximum Gasteiger partial charge on any atom is 0.270 e. The van der Waals surface area contributed by atoms with Gasteiger partial charge < -0.3 is 16.2 Å². The molecule has 0 aromatic heterocycles. The van der Waals surface area contributed by atoms with Crippen LogP contribution in [0.1, 0.15) is 30.6 Å². The van der Waals surface area contributed by atoms with Gasteiger partial charge in [-0.25, -0.2) is 0 Å². The van der Waals surface area contributed by atoms with Crippen LogP contribution in [0.25, 0.3) is 0 Å². The molecule has 0 atom stereocenters. The number of rotatable bonds is 7. The summed E-state index contributed by atoms with van der Waals surface area (Å²) in [6, 6.07) is 3.94. The number of carbonyl (C=O) groups is 1. The molecule has 0 aliphatic rings. The fraction of sp³-hybridized carbons (Fsp3) is 0.462. The smallest absolute Gasteiger partial charge is 0.270 e. The number of aliphatic hydroxyl groups is 1. The van der Waals surface area contributed by atoms with E-state index in [0.29, 0.717) is 18.7 Å². The highest BCUT2D eigenvalue weighted by molar-refractivity contribution is 5.99. The second-order valence-electron chi connectivity index (χ2n) is 5.34. The van der Waals surface area contributed by atoms with Crippen molar-refractivity contribution in [2.45, 2.75) is 20.3 Å². The number of nitrogens with two attached hydrogens (primary N) is 1. The number of amides is 1. The zero-order valence-corrected chi connectivity index (χ0v) is 11.5. The summed E-state index contributed by atoms with van der Waals surface area (Å²) in [6.07, 6.45) is 0.596. The number of primary amides is 1. The molecule has 4 N–H and O–H groups in total. The van der Waals surface area contributed by atoms with Crippen molar-refractivity contribution in [2.24, 2.45) is 11.1 Å². The molecule has 7 nitrogen and oxygen atoms in total. The molecule has 0 saturated carbocycles. The van der Waals surface area contributed by atoms with E-state index in [9.17, 15) is 14.9 Å². The molecule has 0 bridgehead atoms. The Bertz CT molecular complexity index is 514. The Kier molecular flexibility index (Phi) is 5.04. The van der Waals surface area contributed by atoms with Gasteiger partial charge in [-0.05, 0) is 17.9 Å². The molecule has 110 valence electrons. The average Bonchev–Trinajstić information content (AvgIpc) is 2.36. The van der Waals surface area contributed by atoms with Crippen LogP contribution in [-0.4, -0.2) is 29.1 Å². The monoisotopic (exact) mass is 281 g/mol. The number of nitrogens with one attached hydrogen (secondary N) is 1. The molecule has 1 aromatic rings. The van der Waals surface area contributed by atoms with Gasteiger partial charge in [-0.15, -0.1) is 0 Å². The number of non-ortho nitro benzene ring substituents is 1. The number of carbonyl (C=O) groups excluding carboxylic acids is 1. The Balaban J connectivity index is 2.95. The maximum atomic E-state index is 11.4. The summed E-state index contributed by atoms with van der Waals surface area (Å²) in [5, 5.41) is 22.7. The largest absolute Gasteiger partial charge is 0.396 e. The van der Waals surface area contributed by atoms with E-state index in [4.69, 9.17) is 10.8 Å². The molecule has 20 heavy (non-hydrogen) atoms. The minimum absolute atomic E-state index is 0.0671. The van der Waals surface area contributed by atoms with E-state index in [0.717, 1.165) is 6.07 Å². The van der Waals surface area contributed by atoms with Crippen LogP contribution in [0, 0.1) is 15.5 Å². The van der Waals surface area contributed by atoms with Crippen LogP contribution in [-0.2, 0) is 0 Å². The van der Waals surface area contributed by atoms with E-state index in [1.165, 1.54) is 12.1 Å². The average molecular weight is 281 g/mol. The number of hydrogen-bond donors (Lipinski definition) is 3. The second kappa shape index (κ2) is 6.33. The zero-order chi connectivity index (χ0) is 15.3. The molecule has 7 heteroatoms. The predicted octanol–water partition coefficient (Wildman–Crippen LogP) is 1.51. The van der Waals surface area contributed by atoms with Crippen molar-refractivity contribution in [3.05, 3.63) is 33.9 Å². The van der Waals surface area contributed by atoms with Gasteiger partial charge in [-0.2, -0.15) is 0 Å². The van der Waals surface area contributed by atoms with Crippen LogP contribution >= 0.6 is 0 Å². The zero-order valence-electron chi connectivity index (χ0n) is 11.5. The van der Waals surface area contributed by atoms with E-state index in [1.54, 1.807) is 0 Å². The van der Waals surface area contributed by atoms with Gasteiger partial charge in [0.2, 0.25) is 0 Å². The number of hydrogen-bond acceptors (Lipinski definition) is 5. The molecule has 0 aliphatic heterocycles. The summed E-state index contributed by atoms with van der Waals surface area (Å²) in [7, 11) is 0. The summed E-state index contributed by atoms with van der Waals surface area (Å²) >= 11 is 0. The van der Waals surface area contributed by atoms with Crippen molar-refractivity contribution < 1.29 is 14.8 Å². The first-order chi connectivity index (χ1) is 9.26. The Morgan fingerprint density at radius 1 is 1.50 bits per heavy atom. The number of anilines is 1. The lowest BCUT2D eigenvalue weighted by Crippen LogP contribution is -2.25. The first-order valence-corrected chi connectivity index (χ1v) is 6.20. The van der Waals surface area contributed by atoms with E-state index in [2.05, 4.69) is 5.32 Å². The molecule has 0 fully saturated rings. The Labute approximate surface area is 116 Å². The number of nitro benzene ring substituents is 1. The highest BCUT2D eigenvalue weighted by atomic mass is 16.6. The van der Waals surface area contributed by atoms with Crippen molar-refractivity contribution in [1.82, 2.24) is 0 Å². The fourth-order valence-corrected chi connectivity index (χ4v) is 1.73. The van der Waals surface area contributed by atoms with Crippen molar-refractivity contribution >= 4 is 17.3 Å². The lowest BCUT2D eigenvalue weighted by atomic mass is 9.89. The van der Waals surface area contributed by atoms with Gasteiger partial charge in [0.25, 0.3) is 11.6 Å². The molecule has 0 spiro atoms. The first kappa shape index (κ1) is 15.9. The molecule has 0 radical (unpaired) electrons. The number of benzene rings is 1. The van der Waals surface area contributed by atoms with Crippen LogP contribution in [0.5, 0.6) is 0 Å². The molecular weight excluding hydrogens is 262 g/mol. The Hall–Kier alpha value is -2.15. The molecule has 1 rings (SSSR count). The number of nitro groups is 1. The van der Waals surface area contributed by atoms with Crippen molar-refractivity contribution in [2.75, 3.05) is 18.5 Å². The van der Waals surface area contributed by atoms with Crippen LogP contribution in [0.2, 0.25) is 0 Å². The summed E-state index contributed by atoms with van der Waals surface area (Å²) in [4.78, 5) is 21.5. The third kappa shape index (κ3) is 4.20. The Morgan fingerprint density at radius 3 is 2.65 bits per heavy atom. The highest BCUT2D eigenvalue weighted by Gasteiger charge is 2.19. The van der Waals surface area contributed by atoms with Crippen LogP contribution < -0.4 is 11.1 Å². The lowest BCUT2D eigenvalue weighted by molar-refractivity contribution is -0.384. The highest BCUT2D eigenvalue weighted by Crippen LogP contribution is 2.25. The van der Waals surface area contributed by atoms with E-state index < -0.39 is 10.8 Å². The van der Waals surface area contributed by atoms with Gasteiger partial charge >= 0.3 is 0 Å². The van der Waals surface area contributed by atoms with Gasteiger partial charge in [0.15, 0.2) is 0 Å². The topological polar surface area (TPSA) is 118 Å². The van der Waals surface area contributed by atoms with E-state index in [1.807, 2.05) is 13.8 Å². The molecular formula is C13H19N3O4. The van der Waals surface area contributed by atoms with Crippen LogP contribution in [0.4, 0.5) is 11.4 Å². The van der Waals surface area contributed by atoms with Crippen LogP contribution in [0.3, 0.4) is 0 Å². The molecule has 1 amide bonds. The fourth-order valence-electron chi connectivity index (χ4n) is 1.73. The van der Waals surface area contributed by atoms with Crippen molar-refractivity contribution in [3.63, 3.8) is 0 Å². The molecule has 0 unspecified atom stereocenters. The lowest BCUT2D eigenvalue weighted by Gasteiger charge is -2.25. The van der Waals surface area contributed by atoms with Crippen molar-refractivity contribution in [3.8, 4) is 0 Å². The van der Waals surface area contributed by atoms with Gasteiger partial charge in [0.05, 0.1) is 10.5 Å². The maximum absolute atomic E-state index is 11.4. The van der Waals surface area contributed by atoms with Gasteiger partial charge in [-0.3, -0.25) is 14.9 Å². The van der Waals surface area contributed by atoms with Crippen molar-refractivity contribution in [1.29, 1.82) is 0 Å². The van der Waals surface area contributed by atoms with Gasteiger partial charge in [0, 0.05) is 31.0 Å². The quantitative estimate of drug-likeness (QED) is 0.517. The van der Waals surface area contributed by atoms with Gasteiger partial charge in [-0.1, -0.05) is 13.8 Å². The molecule has 0 heterocycles. The Morgan fingerprint density at radius 2 is 2.15 bits per heavy atom. The normalized spacial score (nSPS) is 11.2. The van der Waals surface area contributed by atoms with Crippen LogP contribution in [0.15, 0.2) is 18.2 Å². The molecule has 0 saturated heterocycles. The molecule has 0 aliphatic carbocycles. The minimum atomic E-state index is -0.726. The summed E-state index contributed by atoms with van der Waals surface area (Å²) < 4.78 is 0. The predicted molar refractivity (Wildman–Crippen MR) is 75.6 cm³/mol. The van der Waals surface area contributed by atoms with Gasteiger partial charge in [0.1, 0.15) is 0 Å². The third-order valence-corrected chi connectivity index (χ3v) is 3.03. The number of aliphatic hydroxyl groups excluding tert-OH is 1. The summed E-state index contributed by atoms with van der Waals surface area (Å²) in [5.74, 6) is -0.726. The minimum Gasteiger partial charge on any atom is -0.396 e. The van der Waals surface area contributed by atoms with E-state index >= 15 is 0 Å². The van der Waals surface area contributed by atoms with E-state index in [-0.39, 0.29) is 23.3 Å². The third-order valence-electron chi connectivity index (χ3n) is 3.03.